The van der Waals surface area contributed by atoms with E-state index >= 15 is 0 Å². The predicted octanol–water partition coefficient (Wildman–Crippen LogP) is -1.49. The summed E-state index contributed by atoms with van der Waals surface area (Å²) in [5.74, 6) is -2.48. The predicted molar refractivity (Wildman–Crippen MR) is 62.9 cm³/mol. The molecule has 7 heteroatoms. The molecule has 0 saturated carbocycles. The van der Waals surface area contributed by atoms with Crippen molar-refractivity contribution in [3.8, 4) is 0 Å². The molecule has 96 valence electrons. The van der Waals surface area contributed by atoms with Crippen molar-refractivity contribution in [1.29, 1.82) is 0 Å². The van der Waals surface area contributed by atoms with Crippen LogP contribution in [0.1, 0.15) is 21.0 Å². The fourth-order valence-electron chi connectivity index (χ4n) is 0.967. The third-order valence-electron chi connectivity index (χ3n) is 1.75. The molecule has 4 radical (unpaired) electrons. The molecular formula is C12H8N2O4Se. The Bertz CT molecular complexity index is 470. The van der Waals surface area contributed by atoms with E-state index in [0.717, 1.165) is 0 Å². The summed E-state index contributed by atoms with van der Waals surface area (Å²) < 4.78 is 0. The second-order valence-electron chi connectivity index (χ2n) is 3.00. The first kappa shape index (κ1) is 16.8. The number of carbonyl (C=O) groups is 2. The second-order valence-corrected chi connectivity index (χ2v) is 3.00. The van der Waals surface area contributed by atoms with Crippen LogP contribution >= 0.6 is 0 Å². The number of carboxylic acid groups (broad SMARTS) is 2. The maximum Gasteiger partial charge on any atom is 2.00 e. The normalized spacial score (nSPS) is 8.42. The number of carbonyl (C=O) groups excluding carboxylic acids is 2. The third kappa shape index (κ3) is 6.30. The summed E-state index contributed by atoms with van der Waals surface area (Å²) in [6.07, 6.45) is 2.82. The van der Waals surface area contributed by atoms with Crippen molar-refractivity contribution < 1.29 is 19.8 Å². The van der Waals surface area contributed by atoms with Crippen LogP contribution in [-0.4, -0.2) is 39.0 Å². The van der Waals surface area contributed by atoms with Crippen molar-refractivity contribution in [3.05, 3.63) is 60.2 Å². The minimum atomic E-state index is -1.24. The summed E-state index contributed by atoms with van der Waals surface area (Å²) in [5, 5.41) is 20.1. The van der Waals surface area contributed by atoms with Gasteiger partial charge in [0, 0.05) is 12.4 Å². The van der Waals surface area contributed by atoms with Gasteiger partial charge < -0.3 is 19.8 Å². The summed E-state index contributed by atoms with van der Waals surface area (Å²) >= 11 is 0. The van der Waals surface area contributed by atoms with Crippen LogP contribution in [0.4, 0.5) is 0 Å². The second kappa shape index (κ2) is 8.79. The van der Waals surface area contributed by atoms with Crippen LogP contribution in [0.15, 0.2) is 48.8 Å². The number of aromatic carboxylic acids is 2. The standard InChI is InChI=1S/2C6H5NO2.Se/c2*8-6(9)5-3-1-2-4-7-5;/h2*1-4H,(H,8,9);/q;;+2/p-2. The Morgan fingerprint density at radius 1 is 0.789 bits per heavy atom. The van der Waals surface area contributed by atoms with Crippen LogP contribution in [-0.2, 0) is 0 Å². The Kier molecular flexibility index (Phi) is 7.76. The van der Waals surface area contributed by atoms with E-state index in [9.17, 15) is 19.8 Å². The zero-order valence-corrected chi connectivity index (χ0v) is 11.3. The fraction of sp³-hybridized carbons (Fsp3) is 0. The van der Waals surface area contributed by atoms with Gasteiger partial charge in [0.15, 0.2) is 0 Å². The maximum absolute atomic E-state index is 10.0. The monoisotopic (exact) mass is 324 g/mol. The van der Waals surface area contributed by atoms with Gasteiger partial charge in [-0.3, -0.25) is 9.97 Å². The molecule has 0 aromatic carbocycles. The van der Waals surface area contributed by atoms with Crippen LogP contribution in [0.5, 0.6) is 0 Å². The third-order valence-corrected chi connectivity index (χ3v) is 1.75. The van der Waals surface area contributed by atoms with Crippen LogP contribution in [0.2, 0.25) is 0 Å². The largest absolute Gasteiger partial charge is 2.00 e. The summed E-state index contributed by atoms with van der Waals surface area (Å²) in [6, 6.07) is 9.25. The van der Waals surface area contributed by atoms with Crippen molar-refractivity contribution >= 4 is 29.0 Å². The first-order chi connectivity index (χ1) is 8.61. The number of rotatable bonds is 2. The molecule has 0 N–H and O–H groups in total. The summed E-state index contributed by atoms with van der Waals surface area (Å²) in [7, 11) is 0. The minimum Gasteiger partial charge on any atom is -0.543 e. The van der Waals surface area contributed by atoms with E-state index in [4.69, 9.17) is 0 Å². The molecule has 2 heterocycles. The smallest absolute Gasteiger partial charge is 0.543 e. The molecule has 2 aromatic rings. The SMILES string of the molecule is O=C([O-])c1ccccn1.O=C([O-])c1ccccn1.[Se+2]. The molecule has 0 amide bonds. The van der Waals surface area contributed by atoms with E-state index in [0.29, 0.717) is 0 Å². The molecule has 2 aromatic heterocycles. The molecule has 0 bridgehead atoms. The van der Waals surface area contributed by atoms with Gasteiger partial charge in [-0.2, -0.15) is 0 Å². The van der Waals surface area contributed by atoms with Gasteiger partial charge in [0.05, 0.1) is 23.3 Å². The average Bonchev–Trinajstić information content (AvgIpc) is 2.41. The quantitative estimate of drug-likeness (QED) is 0.623. The number of nitrogens with zero attached hydrogens (tertiary/aromatic N) is 2. The Balaban J connectivity index is 0.000000324. The Morgan fingerprint density at radius 2 is 1.16 bits per heavy atom. The number of hydrogen-bond acceptors (Lipinski definition) is 6. The maximum atomic E-state index is 10.0. The zero-order valence-electron chi connectivity index (χ0n) is 9.55. The molecule has 0 unspecified atom stereocenters. The van der Waals surface area contributed by atoms with Gasteiger partial charge in [0.25, 0.3) is 0 Å². The summed E-state index contributed by atoms with van der Waals surface area (Å²) in [4.78, 5) is 27.1. The van der Waals surface area contributed by atoms with Gasteiger partial charge in [-0.15, -0.1) is 0 Å². The van der Waals surface area contributed by atoms with E-state index in [2.05, 4.69) is 9.97 Å². The molecular weight excluding hydrogens is 315 g/mol. The van der Waals surface area contributed by atoms with E-state index in [1.54, 1.807) is 24.3 Å². The van der Waals surface area contributed by atoms with E-state index in [-0.39, 0.29) is 28.5 Å². The van der Waals surface area contributed by atoms with Gasteiger partial charge >= 0.3 is 17.1 Å². The first-order valence-corrected chi connectivity index (χ1v) is 4.86. The van der Waals surface area contributed by atoms with Crippen molar-refractivity contribution in [2.45, 2.75) is 0 Å². The van der Waals surface area contributed by atoms with Crippen LogP contribution < -0.4 is 10.2 Å². The number of pyridine rings is 2. The van der Waals surface area contributed by atoms with E-state index in [1.165, 1.54) is 24.5 Å². The van der Waals surface area contributed by atoms with E-state index in [1.807, 2.05) is 0 Å². The zero-order chi connectivity index (χ0) is 13.4. The molecule has 0 saturated heterocycles. The summed E-state index contributed by atoms with van der Waals surface area (Å²) in [6.45, 7) is 0. The summed E-state index contributed by atoms with van der Waals surface area (Å²) in [5.41, 5.74) is -0.0602. The van der Waals surface area contributed by atoms with Gasteiger partial charge in [-0.1, -0.05) is 12.1 Å². The van der Waals surface area contributed by atoms with E-state index < -0.39 is 11.9 Å². The van der Waals surface area contributed by atoms with Gasteiger partial charge in [0.2, 0.25) is 0 Å². The molecule has 6 nitrogen and oxygen atoms in total. The minimum absolute atomic E-state index is 0. The fourth-order valence-corrected chi connectivity index (χ4v) is 0.967. The van der Waals surface area contributed by atoms with Crippen LogP contribution in [0.25, 0.3) is 0 Å². The topological polar surface area (TPSA) is 106 Å². The van der Waals surface area contributed by atoms with Gasteiger partial charge in [-0.25, -0.2) is 0 Å². The van der Waals surface area contributed by atoms with Crippen LogP contribution in [0.3, 0.4) is 0 Å². The first-order valence-electron chi connectivity index (χ1n) is 4.86. The van der Waals surface area contributed by atoms with Crippen molar-refractivity contribution in [1.82, 2.24) is 9.97 Å². The number of carboxylic acids is 2. The van der Waals surface area contributed by atoms with Crippen molar-refractivity contribution in [2.24, 2.45) is 0 Å². The molecule has 0 aliphatic carbocycles. The van der Waals surface area contributed by atoms with Gasteiger partial charge in [-0.05, 0) is 24.3 Å². The molecule has 0 spiro atoms. The van der Waals surface area contributed by atoms with Crippen molar-refractivity contribution in [3.63, 3.8) is 0 Å². The van der Waals surface area contributed by atoms with Crippen LogP contribution in [0, 0.1) is 0 Å². The number of hydrogen-bond donors (Lipinski definition) is 0. The van der Waals surface area contributed by atoms with Crippen molar-refractivity contribution in [2.75, 3.05) is 0 Å². The average molecular weight is 323 g/mol. The molecule has 0 aliphatic heterocycles. The molecule has 0 aliphatic rings. The molecule has 0 fully saturated rings. The molecule has 19 heavy (non-hydrogen) atoms. The van der Waals surface area contributed by atoms with Gasteiger partial charge in [0.1, 0.15) is 0 Å². The molecule has 2 rings (SSSR count). The molecule has 0 atom stereocenters. The number of aromatic nitrogens is 2. The Morgan fingerprint density at radius 3 is 1.32 bits per heavy atom. The Hall–Kier alpha value is -2.24. The Labute approximate surface area is 119 Å².